The minimum Gasteiger partial charge on any atom is -0.297 e. The molecule has 0 radical (unpaired) electrons. The Morgan fingerprint density at radius 3 is 2.87 bits per heavy atom. The second-order valence-electron chi connectivity index (χ2n) is 2.74. The van der Waals surface area contributed by atoms with Crippen LogP contribution in [0.2, 0.25) is 0 Å². The van der Waals surface area contributed by atoms with Crippen LogP contribution in [0, 0.1) is 0 Å². The predicted molar refractivity (Wildman–Crippen MR) is 63.9 cm³/mol. The van der Waals surface area contributed by atoms with Gasteiger partial charge in [0.25, 0.3) is 0 Å². The normalized spacial score (nSPS) is 11.9. The van der Waals surface area contributed by atoms with Crippen molar-refractivity contribution in [1.29, 1.82) is 0 Å². The molecular formula is C10H11BrNO2P. The van der Waals surface area contributed by atoms with Crippen molar-refractivity contribution in [3.63, 3.8) is 0 Å². The van der Waals surface area contributed by atoms with E-state index in [9.17, 15) is 4.57 Å². The van der Waals surface area contributed by atoms with E-state index in [-0.39, 0.29) is 8.46 Å². The van der Waals surface area contributed by atoms with Crippen molar-refractivity contribution in [2.75, 3.05) is 6.54 Å². The molecule has 0 atom stereocenters. The molecule has 0 fully saturated rings. The first-order valence-electron chi connectivity index (χ1n) is 4.40. The third kappa shape index (κ3) is 5.80. The van der Waals surface area contributed by atoms with E-state index in [1.165, 1.54) is 0 Å². The summed E-state index contributed by atoms with van der Waals surface area (Å²) in [5.41, 5.74) is 3.86. The van der Waals surface area contributed by atoms with Gasteiger partial charge in [-0.25, -0.2) is 0 Å². The summed E-state index contributed by atoms with van der Waals surface area (Å²) in [4.78, 5) is 5.19. The van der Waals surface area contributed by atoms with Crippen LogP contribution in [0.25, 0.3) is 0 Å². The van der Waals surface area contributed by atoms with Gasteiger partial charge in [-0.05, 0) is 27.6 Å². The standard InChI is InChI=1S/C10H11BrNO2P/c11-10(15-13)6-7-12-14-8-9-4-2-1-3-5-9/h1-6,12H,7-8H2/b10-6+. The van der Waals surface area contributed by atoms with E-state index < -0.39 is 0 Å². The predicted octanol–water partition coefficient (Wildman–Crippen LogP) is 3.24. The molecule has 1 N–H and O–H groups in total. The molecule has 0 amide bonds. The van der Waals surface area contributed by atoms with E-state index in [1.807, 2.05) is 30.3 Å². The zero-order valence-corrected chi connectivity index (χ0v) is 10.5. The molecule has 15 heavy (non-hydrogen) atoms. The maximum absolute atomic E-state index is 10.3. The summed E-state index contributed by atoms with van der Waals surface area (Å²) < 4.78 is 10.9. The van der Waals surface area contributed by atoms with Crippen molar-refractivity contribution in [2.24, 2.45) is 0 Å². The first-order valence-corrected chi connectivity index (χ1v) is 6.01. The molecule has 1 rings (SSSR count). The van der Waals surface area contributed by atoms with Crippen molar-refractivity contribution in [3.8, 4) is 0 Å². The molecule has 0 unspecified atom stereocenters. The monoisotopic (exact) mass is 287 g/mol. The van der Waals surface area contributed by atoms with Gasteiger partial charge in [-0.1, -0.05) is 30.3 Å². The Kier molecular flexibility index (Phi) is 6.44. The van der Waals surface area contributed by atoms with Gasteiger partial charge in [0.15, 0.2) is 8.46 Å². The highest BCUT2D eigenvalue weighted by Gasteiger charge is 1.91. The average Bonchev–Trinajstić information content (AvgIpc) is 2.29. The second-order valence-corrected chi connectivity index (χ2v) is 4.87. The van der Waals surface area contributed by atoms with E-state index in [2.05, 4.69) is 21.4 Å². The van der Waals surface area contributed by atoms with Gasteiger partial charge < -0.3 is 0 Å². The zero-order valence-electron chi connectivity index (χ0n) is 8.02. The van der Waals surface area contributed by atoms with Crippen LogP contribution in [0.15, 0.2) is 40.6 Å². The summed E-state index contributed by atoms with van der Waals surface area (Å²) in [6.07, 6.45) is 1.74. The van der Waals surface area contributed by atoms with E-state index in [4.69, 9.17) is 4.84 Å². The van der Waals surface area contributed by atoms with Crippen LogP contribution in [0.3, 0.4) is 0 Å². The van der Waals surface area contributed by atoms with Gasteiger partial charge in [0.2, 0.25) is 0 Å². The second kappa shape index (κ2) is 7.71. The fourth-order valence-corrected chi connectivity index (χ4v) is 1.26. The van der Waals surface area contributed by atoms with E-state index in [0.29, 0.717) is 17.4 Å². The smallest absolute Gasteiger partial charge is 0.199 e. The molecule has 0 aliphatic carbocycles. The number of rotatable bonds is 6. The lowest BCUT2D eigenvalue weighted by molar-refractivity contribution is 0.0352. The van der Waals surface area contributed by atoms with Crippen LogP contribution < -0.4 is 5.48 Å². The van der Waals surface area contributed by atoms with Crippen molar-refractivity contribution in [1.82, 2.24) is 5.48 Å². The molecule has 0 aliphatic rings. The molecule has 0 heterocycles. The van der Waals surface area contributed by atoms with Crippen molar-refractivity contribution in [3.05, 3.63) is 46.2 Å². The molecule has 0 spiro atoms. The van der Waals surface area contributed by atoms with E-state index in [0.717, 1.165) is 5.56 Å². The molecule has 0 bridgehead atoms. The number of hydroxylamine groups is 1. The van der Waals surface area contributed by atoms with Crippen molar-refractivity contribution in [2.45, 2.75) is 6.61 Å². The van der Waals surface area contributed by atoms with Gasteiger partial charge in [0.1, 0.15) is 0 Å². The Hall–Kier alpha value is -0.540. The summed E-state index contributed by atoms with van der Waals surface area (Å²) in [6.45, 7) is 1.03. The molecule has 1 aromatic rings. The topological polar surface area (TPSA) is 38.3 Å². The van der Waals surface area contributed by atoms with Crippen molar-refractivity contribution < 1.29 is 9.40 Å². The maximum Gasteiger partial charge on any atom is 0.199 e. The van der Waals surface area contributed by atoms with Gasteiger partial charge >= 0.3 is 0 Å². The minimum absolute atomic E-state index is 0.0200. The highest BCUT2D eigenvalue weighted by Crippen LogP contribution is 2.17. The molecule has 0 saturated carbocycles. The Morgan fingerprint density at radius 2 is 2.20 bits per heavy atom. The highest BCUT2D eigenvalue weighted by atomic mass is 79.9. The van der Waals surface area contributed by atoms with Crippen LogP contribution in [-0.2, 0) is 16.0 Å². The van der Waals surface area contributed by atoms with E-state index in [1.54, 1.807) is 6.08 Å². The molecule has 0 aromatic heterocycles. The minimum atomic E-state index is -0.0200. The Morgan fingerprint density at radius 1 is 1.47 bits per heavy atom. The average molecular weight is 288 g/mol. The maximum atomic E-state index is 10.3. The van der Waals surface area contributed by atoms with Crippen LogP contribution >= 0.6 is 24.4 Å². The fraction of sp³-hybridized carbons (Fsp3) is 0.200. The number of benzene rings is 1. The van der Waals surface area contributed by atoms with Gasteiger partial charge in [-0.3, -0.25) is 9.40 Å². The first kappa shape index (κ1) is 12.5. The summed E-state index contributed by atoms with van der Waals surface area (Å²) in [7, 11) is -0.0200. The Labute approximate surface area is 98.8 Å². The first-order chi connectivity index (χ1) is 7.33. The summed E-state index contributed by atoms with van der Waals surface area (Å²) in [5.74, 6) is 0. The van der Waals surface area contributed by atoms with Gasteiger partial charge in [0, 0.05) is 6.54 Å². The largest absolute Gasteiger partial charge is 0.297 e. The van der Waals surface area contributed by atoms with Crippen molar-refractivity contribution >= 4 is 24.4 Å². The van der Waals surface area contributed by atoms with Crippen LogP contribution in [-0.4, -0.2) is 6.54 Å². The lowest BCUT2D eigenvalue weighted by atomic mass is 10.2. The van der Waals surface area contributed by atoms with Gasteiger partial charge in [0.05, 0.1) is 10.8 Å². The van der Waals surface area contributed by atoms with Gasteiger partial charge in [-0.2, -0.15) is 5.48 Å². The van der Waals surface area contributed by atoms with Crippen LogP contribution in [0.1, 0.15) is 5.56 Å². The number of halogens is 1. The summed E-state index contributed by atoms with van der Waals surface area (Å²) in [6, 6.07) is 9.87. The molecule has 1 aromatic carbocycles. The van der Waals surface area contributed by atoms with E-state index >= 15 is 0 Å². The molecular weight excluding hydrogens is 277 g/mol. The molecule has 0 aliphatic heterocycles. The van der Waals surface area contributed by atoms with Crippen LogP contribution in [0.5, 0.6) is 0 Å². The molecule has 0 saturated heterocycles. The fourth-order valence-electron chi connectivity index (χ4n) is 0.931. The quantitative estimate of drug-likeness (QED) is 0.496. The Balaban J connectivity index is 2.15. The zero-order chi connectivity index (χ0) is 10.9. The molecule has 80 valence electrons. The lowest BCUT2D eigenvalue weighted by Gasteiger charge is -2.02. The third-order valence-corrected chi connectivity index (χ3v) is 2.74. The van der Waals surface area contributed by atoms with Crippen LogP contribution in [0.4, 0.5) is 0 Å². The number of nitrogens with one attached hydrogen (secondary N) is 1. The summed E-state index contributed by atoms with van der Waals surface area (Å²) in [5, 5.41) is 0. The Bertz CT molecular complexity index is 329. The lowest BCUT2D eigenvalue weighted by Crippen LogP contribution is -2.14. The third-order valence-electron chi connectivity index (χ3n) is 1.62. The number of hydrogen-bond acceptors (Lipinski definition) is 3. The SMILES string of the molecule is O=P/C(Br)=C/CNOCc1ccccc1. The highest BCUT2D eigenvalue weighted by molar-refractivity contribution is 9.13. The molecule has 3 nitrogen and oxygen atoms in total. The molecule has 5 heteroatoms. The number of hydrogen-bond donors (Lipinski definition) is 1. The van der Waals surface area contributed by atoms with Gasteiger partial charge in [-0.15, -0.1) is 0 Å². The summed E-state index contributed by atoms with van der Waals surface area (Å²) >= 11 is 3.11.